The van der Waals surface area contributed by atoms with Gasteiger partial charge in [-0.2, -0.15) is 0 Å². The van der Waals surface area contributed by atoms with Crippen molar-refractivity contribution >= 4 is 53.1 Å². The maximum Gasteiger partial charge on any atom is 0.189 e. The maximum absolute atomic E-state index is 5.98. The van der Waals surface area contributed by atoms with Crippen LogP contribution in [-0.2, 0) is 18.3 Å². The molecule has 0 radical (unpaired) electrons. The molecule has 2 rings (SSSR count). The molecule has 0 saturated carbocycles. The van der Waals surface area contributed by atoms with Crippen molar-refractivity contribution in [3.63, 3.8) is 0 Å². The van der Waals surface area contributed by atoms with E-state index in [2.05, 4.69) is 10.3 Å². The SMILES string of the molecule is Cn1c(CN=C(N)NCC2CCCO2)cc(Cl)c1Cl.I. The number of guanidine groups is 1. The number of rotatable bonds is 4. The standard InChI is InChI=1S/C12H18Cl2N4O.HI/c1-18-8(5-10(13)11(18)14)6-16-12(15)17-7-9-3-2-4-19-9;/h5,9H,2-4,6-7H2,1H3,(H3,15,16,17);1H. The fourth-order valence-electron chi connectivity index (χ4n) is 1.99. The zero-order valence-electron chi connectivity index (χ0n) is 11.2. The van der Waals surface area contributed by atoms with Gasteiger partial charge >= 0.3 is 0 Å². The Balaban J connectivity index is 0.00000200. The van der Waals surface area contributed by atoms with E-state index in [1.165, 1.54) is 0 Å². The van der Waals surface area contributed by atoms with Gasteiger partial charge in [-0.3, -0.25) is 0 Å². The van der Waals surface area contributed by atoms with Gasteiger partial charge in [-0.15, -0.1) is 24.0 Å². The fourth-order valence-corrected chi connectivity index (χ4v) is 2.40. The Morgan fingerprint density at radius 2 is 2.35 bits per heavy atom. The van der Waals surface area contributed by atoms with Crippen molar-refractivity contribution < 1.29 is 4.74 Å². The van der Waals surface area contributed by atoms with Crippen LogP contribution >= 0.6 is 47.2 Å². The molecule has 1 aliphatic heterocycles. The van der Waals surface area contributed by atoms with Crippen LogP contribution in [0.25, 0.3) is 0 Å². The molecule has 2 heterocycles. The third kappa shape index (κ3) is 4.68. The average molecular weight is 433 g/mol. The third-order valence-electron chi connectivity index (χ3n) is 3.16. The number of nitrogens with two attached hydrogens (primary N) is 1. The molecule has 1 fully saturated rings. The molecular formula is C12H19Cl2IN4O. The first kappa shape index (κ1) is 17.9. The first-order valence-electron chi connectivity index (χ1n) is 6.23. The Morgan fingerprint density at radius 1 is 1.60 bits per heavy atom. The lowest BCUT2D eigenvalue weighted by atomic mass is 10.2. The topological polar surface area (TPSA) is 64.6 Å². The molecule has 20 heavy (non-hydrogen) atoms. The Morgan fingerprint density at radius 3 is 2.90 bits per heavy atom. The summed E-state index contributed by atoms with van der Waals surface area (Å²) in [4.78, 5) is 4.26. The molecule has 114 valence electrons. The summed E-state index contributed by atoms with van der Waals surface area (Å²) in [7, 11) is 1.84. The van der Waals surface area contributed by atoms with Crippen molar-refractivity contribution in [1.29, 1.82) is 0 Å². The van der Waals surface area contributed by atoms with Crippen LogP contribution in [-0.4, -0.2) is 29.8 Å². The molecule has 1 aromatic rings. The number of nitrogens with zero attached hydrogens (tertiary/aromatic N) is 2. The van der Waals surface area contributed by atoms with Gasteiger partial charge in [-0.25, -0.2) is 4.99 Å². The zero-order chi connectivity index (χ0) is 13.8. The first-order chi connectivity index (χ1) is 9.08. The third-order valence-corrected chi connectivity index (χ3v) is 4.00. The molecule has 0 spiro atoms. The van der Waals surface area contributed by atoms with Gasteiger partial charge in [-0.1, -0.05) is 23.2 Å². The highest BCUT2D eigenvalue weighted by Crippen LogP contribution is 2.25. The van der Waals surface area contributed by atoms with Crippen LogP contribution in [0.5, 0.6) is 0 Å². The van der Waals surface area contributed by atoms with Crippen molar-refractivity contribution in [2.75, 3.05) is 13.2 Å². The number of hydrogen-bond acceptors (Lipinski definition) is 2. The maximum atomic E-state index is 5.98. The van der Waals surface area contributed by atoms with Crippen LogP contribution < -0.4 is 11.1 Å². The summed E-state index contributed by atoms with van der Waals surface area (Å²) in [6.07, 6.45) is 2.43. The van der Waals surface area contributed by atoms with Gasteiger partial charge in [0.1, 0.15) is 5.15 Å². The number of aliphatic imine (C=N–C) groups is 1. The second kappa shape index (κ2) is 8.31. The van der Waals surface area contributed by atoms with E-state index in [0.29, 0.717) is 29.2 Å². The highest BCUT2D eigenvalue weighted by molar-refractivity contribution is 14.0. The lowest BCUT2D eigenvalue weighted by Gasteiger charge is -2.11. The summed E-state index contributed by atoms with van der Waals surface area (Å²) in [5, 5.41) is 4.10. The molecule has 1 aliphatic rings. The predicted molar refractivity (Wildman–Crippen MR) is 93.2 cm³/mol. The average Bonchev–Trinajstić information content (AvgIpc) is 2.99. The molecule has 1 atom stereocenters. The van der Waals surface area contributed by atoms with Crippen LogP contribution in [0.3, 0.4) is 0 Å². The van der Waals surface area contributed by atoms with Crippen molar-refractivity contribution in [2.45, 2.75) is 25.5 Å². The van der Waals surface area contributed by atoms with Crippen LogP contribution in [0, 0.1) is 0 Å². The molecule has 0 bridgehead atoms. The molecule has 3 N–H and O–H groups in total. The highest BCUT2D eigenvalue weighted by atomic mass is 127. The minimum atomic E-state index is 0. The lowest BCUT2D eigenvalue weighted by Crippen LogP contribution is -2.37. The normalized spacial score (nSPS) is 18.9. The van der Waals surface area contributed by atoms with Crippen LogP contribution in [0.1, 0.15) is 18.5 Å². The van der Waals surface area contributed by atoms with Gasteiger partial charge in [0.05, 0.1) is 17.7 Å². The van der Waals surface area contributed by atoms with E-state index in [1.807, 2.05) is 7.05 Å². The highest BCUT2D eigenvalue weighted by Gasteiger charge is 2.15. The van der Waals surface area contributed by atoms with Crippen LogP contribution in [0.4, 0.5) is 0 Å². The van der Waals surface area contributed by atoms with Gasteiger partial charge in [-0.05, 0) is 18.9 Å². The van der Waals surface area contributed by atoms with Crippen molar-refractivity contribution in [1.82, 2.24) is 9.88 Å². The lowest BCUT2D eigenvalue weighted by molar-refractivity contribution is 0.114. The fraction of sp³-hybridized carbons (Fsp3) is 0.583. The molecule has 1 saturated heterocycles. The Kier molecular flexibility index (Phi) is 7.42. The Hall–Kier alpha value is -0.180. The minimum Gasteiger partial charge on any atom is -0.376 e. The van der Waals surface area contributed by atoms with Gasteiger partial charge in [0.25, 0.3) is 0 Å². The molecule has 0 amide bonds. The zero-order valence-corrected chi connectivity index (χ0v) is 15.1. The number of hydrogen-bond donors (Lipinski definition) is 2. The second-order valence-corrected chi connectivity index (χ2v) is 5.32. The summed E-state index contributed by atoms with van der Waals surface area (Å²) >= 11 is 11.9. The van der Waals surface area contributed by atoms with E-state index in [4.69, 9.17) is 33.7 Å². The van der Waals surface area contributed by atoms with Gasteiger partial charge in [0, 0.05) is 25.9 Å². The number of halogens is 3. The first-order valence-corrected chi connectivity index (χ1v) is 6.98. The summed E-state index contributed by atoms with van der Waals surface area (Å²) in [5.74, 6) is 0.406. The number of ether oxygens (including phenoxy) is 1. The molecule has 1 aromatic heterocycles. The smallest absolute Gasteiger partial charge is 0.189 e. The molecular weight excluding hydrogens is 414 g/mol. The summed E-state index contributed by atoms with van der Waals surface area (Å²) in [6, 6.07) is 1.79. The van der Waals surface area contributed by atoms with E-state index < -0.39 is 0 Å². The Labute approximate surface area is 145 Å². The van der Waals surface area contributed by atoms with Crippen molar-refractivity contribution in [3.05, 3.63) is 21.9 Å². The van der Waals surface area contributed by atoms with E-state index >= 15 is 0 Å². The largest absolute Gasteiger partial charge is 0.376 e. The van der Waals surface area contributed by atoms with Gasteiger partial charge < -0.3 is 20.4 Å². The Bertz CT molecular complexity index is 472. The summed E-state index contributed by atoms with van der Waals surface area (Å²) < 4.78 is 7.28. The predicted octanol–water partition coefficient (Wildman–Crippen LogP) is 2.53. The van der Waals surface area contributed by atoms with Crippen molar-refractivity contribution in [2.24, 2.45) is 17.8 Å². The van der Waals surface area contributed by atoms with Crippen molar-refractivity contribution in [3.8, 4) is 0 Å². The van der Waals surface area contributed by atoms with E-state index in [0.717, 1.165) is 25.1 Å². The molecule has 5 nitrogen and oxygen atoms in total. The second-order valence-electron chi connectivity index (χ2n) is 4.55. The van der Waals surface area contributed by atoms with E-state index in [-0.39, 0.29) is 30.1 Å². The van der Waals surface area contributed by atoms with Gasteiger partial charge in [0.15, 0.2) is 5.96 Å². The van der Waals surface area contributed by atoms with E-state index in [1.54, 1.807) is 10.6 Å². The molecule has 0 aromatic carbocycles. The van der Waals surface area contributed by atoms with Gasteiger partial charge in [0.2, 0.25) is 0 Å². The monoisotopic (exact) mass is 432 g/mol. The molecule has 8 heteroatoms. The molecule has 0 aliphatic carbocycles. The molecule has 1 unspecified atom stereocenters. The van der Waals surface area contributed by atoms with Crippen LogP contribution in [0.15, 0.2) is 11.1 Å². The quantitative estimate of drug-likeness (QED) is 0.436. The number of nitrogens with one attached hydrogen (secondary N) is 1. The van der Waals surface area contributed by atoms with Crippen LogP contribution in [0.2, 0.25) is 10.2 Å². The summed E-state index contributed by atoms with van der Waals surface area (Å²) in [6.45, 7) is 1.97. The summed E-state index contributed by atoms with van der Waals surface area (Å²) in [5.41, 5.74) is 6.72. The minimum absolute atomic E-state index is 0. The number of aromatic nitrogens is 1. The van der Waals surface area contributed by atoms with E-state index in [9.17, 15) is 0 Å².